The molecule has 1 aliphatic heterocycles. The van der Waals surface area contributed by atoms with Crippen LogP contribution in [0.5, 0.6) is 0 Å². The van der Waals surface area contributed by atoms with E-state index in [9.17, 15) is 14.4 Å². The van der Waals surface area contributed by atoms with Crippen molar-refractivity contribution in [1.29, 1.82) is 0 Å². The Morgan fingerprint density at radius 2 is 1.93 bits per heavy atom. The molecule has 0 unspecified atom stereocenters. The van der Waals surface area contributed by atoms with Crippen LogP contribution in [-0.4, -0.2) is 52.5 Å². The smallest absolute Gasteiger partial charge is 0.273 e. The van der Waals surface area contributed by atoms with E-state index in [2.05, 4.69) is 25.5 Å². The van der Waals surface area contributed by atoms with Crippen molar-refractivity contribution in [2.24, 2.45) is 5.92 Å². The molecule has 1 saturated heterocycles. The first-order chi connectivity index (χ1) is 14.0. The van der Waals surface area contributed by atoms with Crippen LogP contribution in [0.15, 0.2) is 11.1 Å². The third kappa shape index (κ3) is 4.26. The first-order valence-electron chi connectivity index (χ1n) is 10.2. The summed E-state index contributed by atoms with van der Waals surface area (Å²) in [6.45, 7) is 1.41. The van der Waals surface area contributed by atoms with Crippen LogP contribution in [0, 0.1) is 5.92 Å². The highest BCUT2D eigenvalue weighted by molar-refractivity contribution is 7.22. The molecule has 1 aliphatic carbocycles. The topological polar surface area (TPSA) is 109 Å². The second-order valence-corrected chi connectivity index (χ2v) is 8.73. The number of hydrogen-bond acceptors (Lipinski definition) is 7. The molecule has 10 heteroatoms. The molecular formula is C19H26N6O3S. The van der Waals surface area contributed by atoms with Crippen molar-refractivity contribution in [3.05, 3.63) is 16.7 Å². The first kappa shape index (κ1) is 19.8. The third-order valence-corrected chi connectivity index (χ3v) is 6.88. The fourth-order valence-corrected chi connectivity index (χ4v) is 5.14. The number of nitrogens with zero attached hydrogens (tertiary/aromatic N) is 4. The van der Waals surface area contributed by atoms with E-state index in [-0.39, 0.29) is 35.9 Å². The van der Waals surface area contributed by atoms with E-state index in [0.717, 1.165) is 56.7 Å². The van der Waals surface area contributed by atoms with Crippen LogP contribution in [0.4, 0.5) is 5.13 Å². The van der Waals surface area contributed by atoms with Gasteiger partial charge in [-0.2, -0.15) is 4.98 Å². The van der Waals surface area contributed by atoms with Gasteiger partial charge >= 0.3 is 0 Å². The Hall–Kier alpha value is -2.49. The molecule has 2 N–H and O–H groups in total. The van der Waals surface area contributed by atoms with Crippen LogP contribution in [0.3, 0.4) is 0 Å². The first-order valence-corrected chi connectivity index (χ1v) is 11.0. The molecule has 2 amide bonds. The highest BCUT2D eigenvalue weighted by atomic mass is 32.1. The Bertz CT molecular complexity index is 956. The molecule has 29 heavy (non-hydrogen) atoms. The Balaban J connectivity index is 1.45. The van der Waals surface area contributed by atoms with Gasteiger partial charge in [0.15, 0.2) is 10.8 Å². The number of aromatic nitrogens is 3. The van der Waals surface area contributed by atoms with Gasteiger partial charge in [-0.05, 0) is 25.7 Å². The maximum atomic E-state index is 12.8. The summed E-state index contributed by atoms with van der Waals surface area (Å²) in [6.07, 6.45) is 7.22. The van der Waals surface area contributed by atoms with E-state index >= 15 is 0 Å². The number of carbonyl (C=O) groups excluding carboxylic acids is 2. The van der Waals surface area contributed by atoms with Gasteiger partial charge in [-0.3, -0.25) is 19.0 Å². The number of anilines is 1. The molecule has 0 spiro atoms. The average Bonchev–Trinajstić information content (AvgIpc) is 3.40. The number of piperidine rings is 1. The lowest BCUT2D eigenvalue weighted by Gasteiger charge is -2.30. The normalized spacial score (nSPS) is 18.3. The fraction of sp³-hybridized carbons (Fsp3) is 0.632. The van der Waals surface area contributed by atoms with Crippen LogP contribution >= 0.6 is 11.3 Å². The molecule has 2 aromatic heterocycles. The second kappa shape index (κ2) is 8.48. The predicted octanol–water partition coefficient (Wildman–Crippen LogP) is 0.874. The largest absolute Gasteiger partial charge is 0.359 e. The SMILES string of the molecule is CNC(=O)C1CCN(c2nc3ncn(CC(=O)NC4CCCC4)c(=O)c3s2)CC1. The lowest BCUT2D eigenvalue weighted by molar-refractivity contribution is -0.125. The molecule has 1 saturated carbocycles. The van der Waals surface area contributed by atoms with Crippen molar-refractivity contribution >= 4 is 38.6 Å². The lowest BCUT2D eigenvalue weighted by Crippen LogP contribution is -2.39. The summed E-state index contributed by atoms with van der Waals surface area (Å²) in [5.41, 5.74) is 0.177. The maximum Gasteiger partial charge on any atom is 0.273 e. The predicted molar refractivity (Wildman–Crippen MR) is 111 cm³/mol. The number of thiazole rings is 1. The molecule has 2 aliphatic rings. The van der Waals surface area contributed by atoms with Gasteiger partial charge < -0.3 is 15.5 Å². The molecule has 156 valence electrons. The summed E-state index contributed by atoms with van der Waals surface area (Å²) in [6, 6.07) is 0.225. The Morgan fingerprint density at radius 1 is 1.21 bits per heavy atom. The standard InChI is InChI=1S/C19H26N6O3S/c1-20-17(27)12-6-8-24(9-7-12)19-23-16-15(29-19)18(28)25(11-21-16)10-14(26)22-13-4-2-3-5-13/h11-13H,2-10H2,1H3,(H,20,27)(H,22,26). The van der Waals surface area contributed by atoms with Crippen molar-refractivity contribution in [2.75, 3.05) is 25.0 Å². The highest BCUT2D eigenvalue weighted by Crippen LogP contribution is 2.29. The van der Waals surface area contributed by atoms with Gasteiger partial charge in [-0.1, -0.05) is 24.2 Å². The van der Waals surface area contributed by atoms with Crippen molar-refractivity contribution in [2.45, 2.75) is 51.1 Å². The van der Waals surface area contributed by atoms with Crippen LogP contribution in [0.25, 0.3) is 10.3 Å². The van der Waals surface area contributed by atoms with Crippen LogP contribution in [0.1, 0.15) is 38.5 Å². The minimum absolute atomic E-state index is 0.0248. The second-order valence-electron chi connectivity index (χ2n) is 7.75. The zero-order valence-electron chi connectivity index (χ0n) is 16.5. The van der Waals surface area contributed by atoms with Gasteiger partial charge in [-0.25, -0.2) is 4.98 Å². The Labute approximate surface area is 172 Å². The van der Waals surface area contributed by atoms with Gasteiger partial charge in [0.1, 0.15) is 17.6 Å². The summed E-state index contributed by atoms with van der Waals surface area (Å²) in [5, 5.41) is 6.45. The Morgan fingerprint density at radius 3 is 2.62 bits per heavy atom. The number of amides is 2. The zero-order chi connectivity index (χ0) is 20.4. The van der Waals surface area contributed by atoms with Crippen molar-refractivity contribution in [3.63, 3.8) is 0 Å². The van der Waals surface area contributed by atoms with E-state index in [0.29, 0.717) is 10.3 Å². The van der Waals surface area contributed by atoms with E-state index in [4.69, 9.17) is 0 Å². The van der Waals surface area contributed by atoms with E-state index in [1.165, 1.54) is 22.2 Å². The monoisotopic (exact) mass is 418 g/mol. The van der Waals surface area contributed by atoms with Gasteiger partial charge in [0.2, 0.25) is 11.8 Å². The van der Waals surface area contributed by atoms with E-state index < -0.39 is 0 Å². The summed E-state index contributed by atoms with van der Waals surface area (Å²) >= 11 is 1.31. The number of fused-ring (bicyclic) bond motifs is 1. The fourth-order valence-electron chi connectivity index (χ4n) is 4.12. The van der Waals surface area contributed by atoms with Gasteiger partial charge in [0.05, 0.1) is 0 Å². The van der Waals surface area contributed by atoms with Crippen LogP contribution in [0.2, 0.25) is 0 Å². The molecule has 2 aromatic rings. The molecule has 9 nitrogen and oxygen atoms in total. The summed E-state index contributed by atoms with van der Waals surface area (Å²) < 4.78 is 1.82. The van der Waals surface area contributed by atoms with Crippen LogP contribution < -0.4 is 21.1 Å². The van der Waals surface area contributed by atoms with Crippen LogP contribution in [-0.2, 0) is 16.1 Å². The van der Waals surface area contributed by atoms with E-state index in [1.807, 2.05) is 0 Å². The minimum Gasteiger partial charge on any atom is -0.359 e. The molecule has 0 bridgehead atoms. The molecule has 4 rings (SSSR count). The van der Waals surface area contributed by atoms with Gasteiger partial charge in [0.25, 0.3) is 5.56 Å². The molecule has 0 radical (unpaired) electrons. The average molecular weight is 419 g/mol. The third-order valence-electron chi connectivity index (χ3n) is 5.79. The number of carbonyl (C=O) groups is 2. The van der Waals surface area contributed by atoms with Crippen molar-refractivity contribution in [3.8, 4) is 0 Å². The molecule has 3 heterocycles. The quantitative estimate of drug-likeness (QED) is 0.746. The number of hydrogen-bond donors (Lipinski definition) is 2. The van der Waals surface area contributed by atoms with Crippen molar-refractivity contribution in [1.82, 2.24) is 25.2 Å². The van der Waals surface area contributed by atoms with Gasteiger partial charge in [-0.15, -0.1) is 0 Å². The summed E-state index contributed by atoms with van der Waals surface area (Å²) in [4.78, 5) is 47.8. The molecule has 0 atom stereocenters. The van der Waals surface area contributed by atoms with E-state index in [1.54, 1.807) is 7.05 Å². The van der Waals surface area contributed by atoms with Gasteiger partial charge in [0, 0.05) is 32.1 Å². The molecular weight excluding hydrogens is 392 g/mol. The number of nitrogens with one attached hydrogen (secondary N) is 2. The molecule has 2 fully saturated rings. The minimum atomic E-state index is -0.236. The lowest BCUT2D eigenvalue weighted by atomic mass is 9.96. The maximum absolute atomic E-state index is 12.8. The number of rotatable bonds is 5. The highest BCUT2D eigenvalue weighted by Gasteiger charge is 2.26. The van der Waals surface area contributed by atoms with Crippen molar-refractivity contribution < 1.29 is 9.59 Å². The summed E-state index contributed by atoms with van der Waals surface area (Å²) in [5.74, 6) is -0.0464. The Kier molecular flexibility index (Phi) is 5.79. The zero-order valence-corrected chi connectivity index (χ0v) is 17.3. The molecule has 0 aromatic carbocycles. The summed E-state index contributed by atoms with van der Waals surface area (Å²) in [7, 11) is 1.66.